The molecule has 1 heterocycles. The summed E-state index contributed by atoms with van der Waals surface area (Å²) in [6, 6.07) is 0. The predicted octanol–water partition coefficient (Wildman–Crippen LogP) is 2.19. The first-order valence-electron chi connectivity index (χ1n) is 11.2. The molecule has 0 unspecified atom stereocenters. The van der Waals surface area contributed by atoms with E-state index in [4.69, 9.17) is 14.2 Å². The quantitative estimate of drug-likeness (QED) is 0.111. The highest BCUT2D eigenvalue weighted by molar-refractivity contribution is 7.80. The zero-order valence-electron chi connectivity index (χ0n) is 19.7. The highest BCUT2D eigenvalue weighted by Crippen LogP contribution is 2.05. The number of unbranched alkanes of at least 4 members (excludes halogenated alkanes) is 5. The van der Waals surface area contributed by atoms with Crippen LogP contribution in [0.2, 0.25) is 0 Å². The maximum absolute atomic E-state index is 11.5. The number of nitrogens with zero attached hydrogens (tertiary/aromatic N) is 1. The summed E-state index contributed by atoms with van der Waals surface area (Å²) in [7, 11) is -2.60. The van der Waals surface area contributed by atoms with Crippen LogP contribution in [0.3, 0.4) is 0 Å². The van der Waals surface area contributed by atoms with Crippen LogP contribution in [0.4, 0.5) is 0 Å². The standard InChI is InChI=1S/C13H22N2O4.C8H18O4S/c1-3-6-17-7-8-18-9-10-19-13(16)11-12-14-4-5-15(12)2;1-2-3-4-5-6-7-8-12-13(9,10)11/h4-5H,3,6-11H2,1-2H3;2-8H2,1H3,(H,9,10,11). The summed E-state index contributed by atoms with van der Waals surface area (Å²) >= 11 is 0. The van der Waals surface area contributed by atoms with Gasteiger partial charge in [0.05, 0.1) is 33.5 Å². The molecule has 0 radical (unpaired) electrons. The van der Waals surface area contributed by atoms with E-state index < -0.39 is 10.4 Å². The van der Waals surface area contributed by atoms with E-state index in [1.165, 1.54) is 19.3 Å². The van der Waals surface area contributed by atoms with Crippen LogP contribution in [-0.4, -0.2) is 63.6 Å². The molecule has 1 aromatic heterocycles. The monoisotopic (exact) mass is 480 g/mol. The minimum atomic E-state index is -4.47. The smallest absolute Gasteiger partial charge is 0.318 e. The molecule has 1 N–H and O–H groups in total. The molecule has 188 valence electrons. The van der Waals surface area contributed by atoms with Crippen LogP contribution in [0.15, 0.2) is 12.4 Å². The van der Waals surface area contributed by atoms with Crippen LogP contribution in [0.5, 0.6) is 0 Å². The molecule has 1 rings (SSSR count). The van der Waals surface area contributed by atoms with Gasteiger partial charge in [-0.1, -0.05) is 46.0 Å². The molecule has 11 heteroatoms. The molecular weight excluding hydrogens is 440 g/mol. The second-order valence-electron chi connectivity index (χ2n) is 7.14. The third kappa shape index (κ3) is 20.4. The van der Waals surface area contributed by atoms with E-state index in [9.17, 15) is 17.8 Å². The Morgan fingerprint density at radius 3 is 2.16 bits per heavy atom. The lowest BCUT2D eigenvalue weighted by Crippen LogP contribution is -2.32. The number of nitrogens with one attached hydrogen (secondary N) is 1. The summed E-state index contributed by atoms with van der Waals surface area (Å²) in [5.41, 5.74) is 0. The molecule has 0 saturated carbocycles. The van der Waals surface area contributed by atoms with Crippen molar-refractivity contribution >= 4 is 16.4 Å². The molecule has 10 nitrogen and oxygen atoms in total. The van der Waals surface area contributed by atoms with Gasteiger partial charge in [0.15, 0.2) is 0 Å². The molecule has 0 aromatic carbocycles. The molecule has 1 aromatic rings. The van der Waals surface area contributed by atoms with Crippen molar-refractivity contribution < 1.29 is 40.7 Å². The highest BCUT2D eigenvalue weighted by Gasteiger charge is 2.13. The van der Waals surface area contributed by atoms with Gasteiger partial charge >= 0.3 is 5.97 Å². The Hall–Kier alpha value is -1.53. The Labute approximate surface area is 192 Å². The number of imidazole rings is 1. The first-order valence-corrected chi connectivity index (χ1v) is 12.6. The van der Waals surface area contributed by atoms with Crippen molar-refractivity contribution in [2.24, 2.45) is 7.05 Å². The van der Waals surface area contributed by atoms with Crippen LogP contribution in [0.25, 0.3) is 0 Å². The molecule has 0 amide bonds. The van der Waals surface area contributed by atoms with Crippen molar-refractivity contribution in [2.45, 2.75) is 65.2 Å². The predicted molar refractivity (Wildman–Crippen MR) is 118 cm³/mol. The summed E-state index contributed by atoms with van der Waals surface area (Å²) in [6.07, 6.45) is 11.1. The number of H-pyrrole nitrogens is 1. The van der Waals surface area contributed by atoms with E-state index in [2.05, 4.69) is 23.0 Å². The molecule has 0 saturated heterocycles. The van der Waals surface area contributed by atoms with Crippen LogP contribution in [0.1, 0.15) is 64.6 Å². The number of carbonyl (C=O) groups is 1. The number of aromatic amines is 1. The summed E-state index contributed by atoms with van der Waals surface area (Å²) in [5.74, 6) is 0.558. The van der Waals surface area contributed by atoms with E-state index in [0.29, 0.717) is 26.2 Å². The van der Waals surface area contributed by atoms with E-state index in [1.807, 2.05) is 17.8 Å². The van der Waals surface area contributed by atoms with Gasteiger partial charge in [-0.15, -0.1) is 0 Å². The number of aryl methyl sites for hydroxylation is 1. The average molecular weight is 481 g/mol. The molecule has 0 aliphatic heterocycles. The molecule has 0 aliphatic carbocycles. The fraction of sp³-hybridized carbons (Fsp3) is 0.810. The van der Waals surface area contributed by atoms with E-state index >= 15 is 0 Å². The summed E-state index contributed by atoms with van der Waals surface area (Å²) < 4.78 is 51.5. The minimum absolute atomic E-state index is 0.0258. The van der Waals surface area contributed by atoms with Gasteiger partial charge in [0.25, 0.3) is 5.82 Å². The average Bonchev–Trinajstić information content (AvgIpc) is 3.13. The Kier molecular flexibility index (Phi) is 19.1. The van der Waals surface area contributed by atoms with Gasteiger partial charge in [0.1, 0.15) is 25.4 Å². The molecule has 0 atom stereocenters. The zero-order chi connectivity index (χ0) is 24.1. The molecule has 0 aliphatic rings. The molecule has 32 heavy (non-hydrogen) atoms. The topological polar surface area (TPSA) is 131 Å². The number of rotatable bonds is 18. The first-order chi connectivity index (χ1) is 15.3. The van der Waals surface area contributed by atoms with Gasteiger partial charge in [0, 0.05) is 6.61 Å². The van der Waals surface area contributed by atoms with Gasteiger partial charge in [-0.3, -0.25) is 8.98 Å². The third-order valence-electron chi connectivity index (χ3n) is 4.22. The number of hydrogen-bond acceptors (Lipinski definition) is 8. The number of aromatic nitrogens is 2. The van der Waals surface area contributed by atoms with Crippen LogP contribution >= 0.6 is 0 Å². The second-order valence-corrected chi connectivity index (χ2v) is 8.19. The SMILES string of the molecule is CCCCCCCCOS(=O)(=O)[O-].CCCOCCOCCOC(=O)Cc1[nH]cc[n+]1C. The second kappa shape index (κ2) is 20.1. The van der Waals surface area contributed by atoms with Crippen molar-refractivity contribution in [2.75, 3.05) is 39.6 Å². The van der Waals surface area contributed by atoms with E-state index in [1.54, 1.807) is 6.20 Å². The Bertz CT molecular complexity index is 679. The fourth-order valence-electron chi connectivity index (χ4n) is 2.52. The van der Waals surface area contributed by atoms with Gasteiger partial charge in [0.2, 0.25) is 10.4 Å². The van der Waals surface area contributed by atoms with Gasteiger partial charge in [-0.25, -0.2) is 18.0 Å². The van der Waals surface area contributed by atoms with Crippen LogP contribution < -0.4 is 4.57 Å². The number of ether oxygens (including phenoxy) is 3. The van der Waals surface area contributed by atoms with Crippen molar-refractivity contribution in [1.29, 1.82) is 0 Å². The van der Waals surface area contributed by atoms with E-state index in [-0.39, 0.29) is 25.6 Å². The van der Waals surface area contributed by atoms with Crippen molar-refractivity contribution in [3.63, 3.8) is 0 Å². The summed E-state index contributed by atoms with van der Waals surface area (Å²) in [6.45, 7) is 6.76. The van der Waals surface area contributed by atoms with Crippen LogP contribution in [0, 0.1) is 0 Å². The van der Waals surface area contributed by atoms with Crippen molar-refractivity contribution in [1.82, 2.24) is 4.98 Å². The Balaban J connectivity index is 0.000000649. The van der Waals surface area contributed by atoms with Crippen molar-refractivity contribution in [3.05, 3.63) is 18.2 Å². The normalized spacial score (nSPS) is 11.1. The molecule has 0 fully saturated rings. The molecule has 0 bridgehead atoms. The lowest BCUT2D eigenvalue weighted by Gasteiger charge is -2.06. The Morgan fingerprint density at radius 1 is 0.938 bits per heavy atom. The van der Waals surface area contributed by atoms with E-state index in [0.717, 1.165) is 31.7 Å². The summed E-state index contributed by atoms with van der Waals surface area (Å²) in [5, 5.41) is 0. The first kappa shape index (κ1) is 30.5. The molecular formula is C21H40N2O8S. The van der Waals surface area contributed by atoms with Gasteiger partial charge < -0.3 is 18.8 Å². The number of carbonyl (C=O) groups excluding carboxylic acids is 1. The maximum atomic E-state index is 11.5. The minimum Gasteiger partial charge on any atom is -0.726 e. The third-order valence-corrected chi connectivity index (χ3v) is 4.68. The number of hydrogen-bond donors (Lipinski definition) is 1. The lowest BCUT2D eigenvalue weighted by molar-refractivity contribution is -0.677. The molecule has 0 spiro atoms. The highest BCUT2D eigenvalue weighted by atomic mass is 32.3. The van der Waals surface area contributed by atoms with Crippen LogP contribution in [-0.2, 0) is 47.1 Å². The summed E-state index contributed by atoms with van der Waals surface area (Å²) in [4.78, 5) is 14.5. The number of esters is 1. The Morgan fingerprint density at radius 2 is 1.56 bits per heavy atom. The van der Waals surface area contributed by atoms with Gasteiger partial charge in [-0.2, -0.15) is 0 Å². The van der Waals surface area contributed by atoms with Gasteiger partial charge in [-0.05, 0) is 12.8 Å². The van der Waals surface area contributed by atoms with Crippen molar-refractivity contribution in [3.8, 4) is 0 Å². The maximum Gasteiger partial charge on any atom is 0.318 e. The lowest BCUT2D eigenvalue weighted by atomic mass is 10.1. The largest absolute Gasteiger partial charge is 0.726 e. The zero-order valence-corrected chi connectivity index (χ0v) is 20.5. The fourth-order valence-corrected chi connectivity index (χ4v) is 2.85.